The fraction of sp³-hybridized carbons (Fsp3) is 0.412. The van der Waals surface area contributed by atoms with E-state index < -0.39 is 11.9 Å². The van der Waals surface area contributed by atoms with Crippen molar-refractivity contribution in [2.45, 2.75) is 31.9 Å². The van der Waals surface area contributed by atoms with Crippen molar-refractivity contribution >= 4 is 33.3 Å². The molecule has 2 atom stereocenters. The average molecular weight is 351 g/mol. The Hall–Kier alpha value is -1.99. The summed E-state index contributed by atoms with van der Waals surface area (Å²) in [5.41, 5.74) is 0.542. The first kappa shape index (κ1) is 16.9. The molecule has 0 aliphatic heterocycles. The van der Waals surface area contributed by atoms with Crippen LogP contribution in [-0.4, -0.2) is 30.1 Å². The number of methoxy groups -OCH3 is 1. The summed E-state index contributed by atoms with van der Waals surface area (Å²) in [6.07, 6.45) is 1.63. The predicted octanol–water partition coefficient (Wildman–Crippen LogP) is 3.17. The Morgan fingerprint density at radius 3 is 2.88 bits per heavy atom. The Balaban J connectivity index is 1.86. The van der Waals surface area contributed by atoms with Crippen LogP contribution in [0.3, 0.4) is 0 Å². The molecule has 0 bridgehead atoms. The van der Waals surface area contributed by atoms with Crippen LogP contribution in [0.25, 0.3) is 10.1 Å². The van der Waals surface area contributed by atoms with Crippen LogP contribution in [0.1, 0.15) is 34.5 Å². The van der Waals surface area contributed by atoms with Crippen LogP contribution in [0, 0.1) is 11.7 Å². The number of ether oxygens (including phenoxy) is 1. The van der Waals surface area contributed by atoms with Crippen LogP contribution in [-0.2, 0) is 16.1 Å². The first-order chi connectivity index (χ1) is 11.5. The summed E-state index contributed by atoms with van der Waals surface area (Å²) in [6.45, 7) is 0.145. The molecule has 2 N–H and O–H groups in total. The zero-order chi connectivity index (χ0) is 17.3. The molecule has 1 fully saturated rings. The van der Waals surface area contributed by atoms with E-state index in [4.69, 9.17) is 9.84 Å². The summed E-state index contributed by atoms with van der Waals surface area (Å²) in [5.74, 6) is -1.90. The summed E-state index contributed by atoms with van der Waals surface area (Å²) in [4.78, 5) is 24.1. The second-order valence-corrected chi connectivity index (χ2v) is 7.03. The number of thiophene rings is 1. The molecule has 7 heteroatoms. The number of nitrogens with one attached hydrogen (secondary N) is 1. The molecule has 1 saturated carbocycles. The van der Waals surface area contributed by atoms with Gasteiger partial charge < -0.3 is 15.2 Å². The molecule has 0 saturated heterocycles. The Labute approximate surface area is 142 Å². The second-order valence-electron chi connectivity index (χ2n) is 5.97. The molecule has 2 aromatic rings. The molecule has 24 heavy (non-hydrogen) atoms. The van der Waals surface area contributed by atoms with Gasteiger partial charge in [-0.05, 0) is 31.4 Å². The Bertz CT molecular complexity index is 788. The highest BCUT2D eigenvalue weighted by Gasteiger charge is 2.31. The lowest BCUT2D eigenvalue weighted by Crippen LogP contribution is -2.33. The van der Waals surface area contributed by atoms with Crippen molar-refractivity contribution in [1.29, 1.82) is 0 Å². The number of hydrogen-bond acceptors (Lipinski definition) is 4. The maximum Gasteiger partial charge on any atom is 0.306 e. The summed E-state index contributed by atoms with van der Waals surface area (Å²) in [6, 6.07) is 4.59. The third-order valence-corrected chi connectivity index (χ3v) is 5.57. The van der Waals surface area contributed by atoms with Crippen LogP contribution < -0.4 is 5.32 Å². The summed E-state index contributed by atoms with van der Waals surface area (Å²) < 4.78 is 20.0. The maximum atomic E-state index is 14.1. The van der Waals surface area contributed by atoms with Gasteiger partial charge in [0.2, 0.25) is 0 Å². The zero-order valence-corrected chi connectivity index (χ0v) is 14.0. The Morgan fingerprint density at radius 1 is 1.42 bits per heavy atom. The van der Waals surface area contributed by atoms with Gasteiger partial charge in [-0.3, -0.25) is 9.59 Å². The van der Waals surface area contributed by atoms with Gasteiger partial charge >= 0.3 is 5.97 Å². The molecular weight excluding hydrogens is 333 g/mol. The van der Waals surface area contributed by atoms with Crippen molar-refractivity contribution in [3.63, 3.8) is 0 Å². The molecule has 5 nitrogen and oxygen atoms in total. The van der Waals surface area contributed by atoms with Gasteiger partial charge in [-0.15, -0.1) is 11.3 Å². The lowest BCUT2D eigenvalue weighted by molar-refractivity contribution is -0.141. The van der Waals surface area contributed by atoms with Crippen molar-refractivity contribution in [3.05, 3.63) is 34.5 Å². The molecular formula is C17H18FNO4S. The first-order valence-corrected chi connectivity index (χ1v) is 8.55. The molecule has 0 radical (unpaired) electrons. The summed E-state index contributed by atoms with van der Waals surface area (Å²) in [7, 11) is 1.50. The number of carbonyl (C=O) groups is 2. The van der Waals surface area contributed by atoms with Crippen molar-refractivity contribution in [3.8, 4) is 0 Å². The highest BCUT2D eigenvalue weighted by Crippen LogP contribution is 2.34. The highest BCUT2D eigenvalue weighted by atomic mass is 32.1. The standard InChI is InChI=1S/C17H18FNO4S/c1-23-8-11-14-12(18)3-2-4-13(14)24-15(11)16(20)19-10-6-5-9(7-10)17(21)22/h2-4,9-10H,5-8H2,1H3,(H,19,20)(H,21,22)/t9-,10+/m1/s1. The largest absolute Gasteiger partial charge is 0.481 e. The van der Waals surface area contributed by atoms with Gasteiger partial charge in [-0.1, -0.05) is 6.07 Å². The number of carbonyl (C=O) groups excluding carboxylic acids is 1. The van der Waals surface area contributed by atoms with E-state index in [1.807, 2.05) is 0 Å². The monoisotopic (exact) mass is 351 g/mol. The van der Waals surface area contributed by atoms with Gasteiger partial charge in [0, 0.05) is 28.8 Å². The van der Waals surface area contributed by atoms with Crippen molar-refractivity contribution in [2.24, 2.45) is 5.92 Å². The number of fused-ring (bicyclic) bond motifs is 1. The van der Waals surface area contributed by atoms with Crippen LogP contribution in [0.5, 0.6) is 0 Å². The van der Waals surface area contributed by atoms with Crippen molar-refractivity contribution < 1.29 is 23.8 Å². The fourth-order valence-electron chi connectivity index (χ4n) is 3.22. The normalized spacial score (nSPS) is 20.4. The van der Waals surface area contributed by atoms with Gasteiger partial charge in [0.25, 0.3) is 5.91 Å². The molecule has 1 aliphatic rings. The summed E-state index contributed by atoms with van der Waals surface area (Å²) in [5, 5.41) is 12.4. The quantitative estimate of drug-likeness (QED) is 0.868. The molecule has 0 unspecified atom stereocenters. The minimum atomic E-state index is -0.823. The number of hydrogen-bond donors (Lipinski definition) is 2. The molecule has 1 amide bonds. The lowest BCUT2D eigenvalue weighted by atomic mass is 10.1. The maximum absolute atomic E-state index is 14.1. The molecule has 1 heterocycles. The third kappa shape index (κ3) is 3.14. The molecule has 1 aromatic carbocycles. The van der Waals surface area contributed by atoms with E-state index in [0.29, 0.717) is 39.8 Å². The van der Waals surface area contributed by atoms with Gasteiger partial charge in [0.05, 0.1) is 17.4 Å². The van der Waals surface area contributed by atoms with Crippen molar-refractivity contribution in [2.75, 3.05) is 7.11 Å². The van der Waals surface area contributed by atoms with E-state index in [0.717, 1.165) is 0 Å². The molecule has 1 aromatic heterocycles. The number of carboxylic acid groups (broad SMARTS) is 1. The van der Waals surface area contributed by atoms with Crippen LogP contribution >= 0.6 is 11.3 Å². The van der Waals surface area contributed by atoms with E-state index >= 15 is 0 Å². The van der Waals surface area contributed by atoms with Gasteiger partial charge in [-0.2, -0.15) is 0 Å². The number of carboxylic acids is 1. The number of halogens is 1. The minimum Gasteiger partial charge on any atom is -0.481 e. The first-order valence-electron chi connectivity index (χ1n) is 7.73. The van der Waals surface area contributed by atoms with Gasteiger partial charge in [-0.25, -0.2) is 4.39 Å². The van der Waals surface area contributed by atoms with E-state index in [1.165, 1.54) is 24.5 Å². The average Bonchev–Trinajstić information content (AvgIpc) is 3.13. The Morgan fingerprint density at radius 2 is 2.21 bits per heavy atom. The number of rotatable bonds is 5. The zero-order valence-electron chi connectivity index (χ0n) is 13.2. The smallest absolute Gasteiger partial charge is 0.306 e. The van der Waals surface area contributed by atoms with Gasteiger partial charge in [0.1, 0.15) is 5.82 Å². The molecule has 128 valence electrons. The number of aliphatic carboxylic acids is 1. The second kappa shape index (κ2) is 6.86. The van der Waals surface area contributed by atoms with Crippen molar-refractivity contribution in [1.82, 2.24) is 5.32 Å². The van der Waals surface area contributed by atoms with E-state index in [1.54, 1.807) is 12.1 Å². The highest BCUT2D eigenvalue weighted by molar-refractivity contribution is 7.21. The van der Waals surface area contributed by atoms with Crippen LogP contribution in [0.4, 0.5) is 4.39 Å². The van der Waals surface area contributed by atoms with Crippen LogP contribution in [0.2, 0.25) is 0 Å². The van der Waals surface area contributed by atoms with Crippen LogP contribution in [0.15, 0.2) is 18.2 Å². The molecule has 1 aliphatic carbocycles. The van der Waals surface area contributed by atoms with E-state index in [-0.39, 0.29) is 24.4 Å². The lowest BCUT2D eigenvalue weighted by Gasteiger charge is -2.12. The van der Waals surface area contributed by atoms with E-state index in [9.17, 15) is 14.0 Å². The fourth-order valence-corrected chi connectivity index (χ4v) is 4.35. The number of amides is 1. The van der Waals surface area contributed by atoms with E-state index in [2.05, 4.69) is 5.32 Å². The predicted molar refractivity (Wildman–Crippen MR) is 88.7 cm³/mol. The summed E-state index contributed by atoms with van der Waals surface area (Å²) >= 11 is 1.23. The Kier molecular flexibility index (Phi) is 4.82. The SMILES string of the molecule is COCc1c(C(=O)N[C@H]2CC[C@@H](C(=O)O)C2)sc2cccc(F)c12. The topological polar surface area (TPSA) is 75.6 Å². The number of benzene rings is 1. The molecule has 0 spiro atoms. The minimum absolute atomic E-state index is 0.145. The molecule has 3 rings (SSSR count). The third-order valence-electron chi connectivity index (χ3n) is 4.38. The van der Waals surface area contributed by atoms with Gasteiger partial charge in [0.15, 0.2) is 0 Å².